The summed E-state index contributed by atoms with van der Waals surface area (Å²) < 4.78 is 19.1. The van der Waals surface area contributed by atoms with Gasteiger partial charge in [0.15, 0.2) is 18.1 Å². The van der Waals surface area contributed by atoms with Gasteiger partial charge in [-0.1, -0.05) is 30.3 Å². The van der Waals surface area contributed by atoms with Crippen LogP contribution in [-0.4, -0.2) is 81.8 Å². The van der Waals surface area contributed by atoms with Crippen molar-refractivity contribution in [2.75, 3.05) is 26.8 Å². The van der Waals surface area contributed by atoms with Gasteiger partial charge >= 0.3 is 0 Å². The highest BCUT2D eigenvalue weighted by molar-refractivity contribution is 5.94. The first-order valence-electron chi connectivity index (χ1n) is 14.6. The van der Waals surface area contributed by atoms with E-state index in [2.05, 4.69) is 26.2 Å². The van der Waals surface area contributed by atoms with E-state index in [-0.39, 0.29) is 30.7 Å². The van der Waals surface area contributed by atoms with E-state index in [0.29, 0.717) is 55.4 Å². The second-order valence-electron chi connectivity index (χ2n) is 10.9. The molecule has 4 bridgehead atoms. The molecule has 45 heavy (non-hydrogen) atoms. The molecule has 3 aliphatic rings. The molecule has 2 N–H and O–H groups in total. The lowest BCUT2D eigenvalue weighted by molar-refractivity contribution is -0.123. The van der Waals surface area contributed by atoms with Gasteiger partial charge in [-0.05, 0) is 69.9 Å². The number of carbonyl (C=O) groups excluding carboxylic acids is 3. The van der Waals surface area contributed by atoms with Crippen LogP contribution in [0.25, 0.3) is 0 Å². The van der Waals surface area contributed by atoms with Gasteiger partial charge < -0.3 is 29.7 Å². The number of hydrogen-bond acceptors (Lipinski definition) is 9. The van der Waals surface area contributed by atoms with Crippen molar-refractivity contribution in [3.05, 3.63) is 95.3 Å². The fourth-order valence-corrected chi connectivity index (χ4v) is 5.35. The Morgan fingerprint density at radius 1 is 0.978 bits per heavy atom. The zero-order chi connectivity index (χ0) is 31.2. The number of aryl methyl sites for hydroxylation is 1. The maximum Gasteiger partial charge on any atom is 0.258 e. The number of carbonyl (C=O) groups is 3. The van der Waals surface area contributed by atoms with Crippen LogP contribution < -0.4 is 24.8 Å². The highest BCUT2D eigenvalue weighted by atomic mass is 16.5. The number of fused-ring (bicyclic) bond motifs is 9. The largest absolute Gasteiger partial charge is 0.493 e. The Hall–Kier alpha value is -5.46. The monoisotopic (exact) mass is 611 g/mol. The van der Waals surface area contributed by atoms with E-state index in [9.17, 15) is 14.4 Å². The summed E-state index contributed by atoms with van der Waals surface area (Å²) in [5, 5.41) is 17.1. The second-order valence-corrected chi connectivity index (χ2v) is 10.9. The Balaban J connectivity index is 1.19. The van der Waals surface area contributed by atoms with Crippen molar-refractivity contribution in [2.24, 2.45) is 0 Å². The highest BCUT2D eigenvalue weighted by Gasteiger charge is 2.38. The number of ether oxygens (including phenoxy) is 3. The Kier molecular flexibility index (Phi) is 8.85. The highest BCUT2D eigenvalue weighted by Crippen LogP contribution is 2.29. The molecular weight excluding hydrogens is 578 g/mol. The van der Waals surface area contributed by atoms with Gasteiger partial charge in [0.25, 0.3) is 11.8 Å². The van der Waals surface area contributed by atoms with Crippen LogP contribution in [0.15, 0.2) is 73.1 Å². The van der Waals surface area contributed by atoms with Crippen molar-refractivity contribution in [1.82, 2.24) is 35.7 Å². The van der Waals surface area contributed by atoms with Crippen LogP contribution in [0.4, 0.5) is 0 Å². The Morgan fingerprint density at radius 3 is 2.53 bits per heavy atom. The molecule has 1 aromatic heterocycles. The molecule has 0 spiro atoms. The molecule has 3 aromatic carbocycles. The number of rotatable bonds is 4. The first-order valence-corrected chi connectivity index (χ1v) is 14.6. The molecule has 7 rings (SSSR count). The number of benzene rings is 3. The molecular formula is C32H33N7O6. The molecule has 4 heterocycles. The minimum atomic E-state index is -0.467. The Bertz CT molecular complexity index is 1640. The molecule has 13 heteroatoms. The summed E-state index contributed by atoms with van der Waals surface area (Å²) in [5.74, 6) is 0.923. The van der Waals surface area contributed by atoms with E-state index in [4.69, 9.17) is 14.2 Å². The lowest BCUT2D eigenvalue weighted by Gasteiger charge is -2.21. The number of hydrogen-bond donors (Lipinski definition) is 2. The van der Waals surface area contributed by atoms with Crippen molar-refractivity contribution in [3.8, 4) is 17.2 Å². The van der Waals surface area contributed by atoms with E-state index >= 15 is 0 Å². The molecule has 2 atom stereocenters. The zero-order valence-electron chi connectivity index (χ0n) is 24.7. The molecule has 232 valence electrons. The van der Waals surface area contributed by atoms with Crippen LogP contribution >= 0.6 is 0 Å². The van der Waals surface area contributed by atoms with Crippen molar-refractivity contribution >= 4 is 17.7 Å². The molecule has 0 unspecified atom stereocenters. The van der Waals surface area contributed by atoms with Gasteiger partial charge in [-0.15, -0.1) is 5.10 Å². The molecule has 0 aliphatic carbocycles. The third-order valence-electron chi connectivity index (χ3n) is 7.76. The van der Waals surface area contributed by atoms with Crippen LogP contribution in [0.5, 0.6) is 17.2 Å². The third kappa shape index (κ3) is 7.37. The SMILES string of the molecule is COc1ccc2cc1OCC(=O)NCc1ccc(cc1)O[C@H]1CN(C(=O)c3ccc(Cn4cnnn4)cc3)C[C@@H]1NC(=O)CC2. The second kappa shape index (κ2) is 13.5. The van der Waals surface area contributed by atoms with E-state index in [1.807, 2.05) is 42.5 Å². The van der Waals surface area contributed by atoms with Gasteiger partial charge in [0.1, 0.15) is 18.2 Å². The van der Waals surface area contributed by atoms with E-state index in [0.717, 1.165) is 16.7 Å². The maximum absolute atomic E-state index is 13.5. The summed E-state index contributed by atoms with van der Waals surface area (Å²) in [7, 11) is 1.53. The molecule has 1 saturated heterocycles. The number of nitrogens with one attached hydrogen (secondary N) is 2. The molecule has 3 amide bonds. The molecule has 4 aromatic rings. The van der Waals surface area contributed by atoms with Crippen LogP contribution in [0.2, 0.25) is 0 Å². The predicted molar refractivity (Wildman–Crippen MR) is 161 cm³/mol. The quantitative estimate of drug-likeness (QED) is 0.352. The molecule has 0 saturated carbocycles. The summed E-state index contributed by atoms with van der Waals surface area (Å²) in [6, 6.07) is 19.6. The van der Waals surface area contributed by atoms with Gasteiger partial charge in [-0.3, -0.25) is 14.4 Å². The Morgan fingerprint density at radius 2 is 1.78 bits per heavy atom. The number of nitrogens with zero attached hydrogens (tertiary/aromatic N) is 5. The average Bonchev–Trinajstić information content (AvgIpc) is 3.72. The number of tetrazole rings is 1. The molecule has 0 radical (unpaired) electrons. The first-order chi connectivity index (χ1) is 21.9. The lowest BCUT2D eigenvalue weighted by Crippen LogP contribution is -2.45. The van der Waals surface area contributed by atoms with Crippen molar-refractivity contribution in [3.63, 3.8) is 0 Å². The van der Waals surface area contributed by atoms with Gasteiger partial charge in [-0.2, -0.15) is 0 Å². The summed E-state index contributed by atoms with van der Waals surface area (Å²) in [5.41, 5.74) is 3.23. The standard InChI is InChI=1S/C32H33N7O6/c1-43-27-12-6-21-7-13-30(40)35-26-17-38(32(42)24-8-2-23(3-9-24)16-39-20-34-36-37-39)18-29(26)45-25-10-4-22(5-11-25)15-33-31(41)19-44-28(27)14-21/h2-6,8-12,14,20,26,29H,7,13,15-19H2,1H3,(H,33,41)(H,35,40)/t26-,29-/m0/s1. The molecule has 1 fully saturated rings. The van der Waals surface area contributed by atoms with Gasteiger partial charge in [0.2, 0.25) is 5.91 Å². The number of amides is 3. The molecule has 13 nitrogen and oxygen atoms in total. The predicted octanol–water partition coefficient (Wildman–Crippen LogP) is 1.76. The van der Waals surface area contributed by atoms with E-state index < -0.39 is 12.1 Å². The van der Waals surface area contributed by atoms with Crippen molar-refractivity contribution in [2.45, 2.75) is 38.1 Å². The molecule has 3 aliphatic heterocycles. The minimum absolute atomic E-state index is 0.152. The number of aromatic nitrogens is 4. The van der Waals surface area contributed by atoms with Crippen LogP contribution in [0, 0.1) is 0 Å². The average molecular weight is 612 g/mol. The Labute approximate surface area is 259 Å². The fourth-order valence-electron chi connectivity index (χ4n) is 5.35. The third-order valence-corrected chi connectivity index (χ3v) is 7.76. The van der Waals surface area contributed by atoms with Crippen LogP contribution in [0.1, 0.15) is 33.5 Å². The summed E-state index contributed by atoms with van der Waals surface area (Å²) in [4.78, 5) is 40.9. The minimum Gasteiger partial charge on any atom is -0.493 e. The fraction of sp³-hybridized carbons (Fsp3) is 0.312. The maximum atomic E-state index is 13.5. The van der Waals surface area contributed by atoms with Crippen molar-refractivity contribution < 1.29 is 28.6 Å². The van der Waals surface area contributed by atoms with E-state index in [1.165, 1.54) is 13.4 Å². The van der Waals surface area contributed by atoms with Gasteiger partial charge in [0.05, 0.1) is 26.2 Å². The smallest absolute Gasteiger partial charge is 0.258 e. The number of likely N-dealkylation sites (tertiary alicyclic amines) is 1. The topological polar surface area (TPSA) is 150 Å². The summed E-state index contributed by atoms with van der Waals surface area (Å²) >= 11 is 0. The van der Waals surface area contributed by atoms with Gasteiger partial charge in [0, 0.05) is 25.1 Å². The number of methoxy groups -OCH3 is 1. The van der Waals surface area contributed by atoms with Gasteiger partial charge in [-0.25, -0.2) is 4.68 Å². The van der Waals surface area contributed by atoms with Crippen LogP contribution in [0.3, 0.4) is 0 Å². The first kappa shape index (κ1) is 29.6. The summed E-state index contributed by atoms with van der Waals surface area (Å²) in [6.07, 6.45) is 1.72. The lowest BCUT2D eigenvalue weighted by atomic mass is 10.1. The van der Waals surface area contributed by atoms with E-state index in [1.54, 1.807) is 33.8 Å². The van der Waals surface area contributed by atoms with Crippen LogP contribution in [-0.2, 0) is 29.1 Å². The summed E-state index contributed by atoms with van der Waals surface area (Å²) in [6.45, 7) is 1.23. The zero-order valence-corrected chi connectivity index (χ0v) is 24.7. The van der Waals surface area contributed by atoms with Crippen molar-refractivity contribution in [1.29, 1.82) is 0 Å². The normalized spacial score (nSPS) is 18.7.